The van der Waals surface area contributed by atoms with Crippen LogP contribution in [0.1, 0.15) is 23.3 Å². The van der Waals surface area contributed by atoms with Crippen LogP contribution in [0.25, 0.3) is 10.1 Å². The molecule has 0 radical (unpaired) electrons. The van der Waals surface area contributed by atoms with Crippen LogP contribution in [0.5, 0.6) is 0 Å². The molecule has 2 fully saturated rings. The minimum atomic E-state index is 0.0417. The maximum absolute atomic E-state index is 13.4. The highest BCUT2D eigenvalue weighted by molar-refractivity contribution is 7.19. The number of hydrogen-bond acceptors (Lipinski definition) is 5. The Bertz CT molecular complexity index is 1140. The number of halogens is 1. The van der Waals surface area contributed by atoms with Gasteiger partial charge in [-0.15, -0.1) is 11.3 Å². The maximum atomic E-state index is 13.4. The molecule has 2 aliphatic heterocycles. The van der Waals surface area contributed by atoms with Crippen LogP contribution in [0, 0.1) is 19.8 Å². The summed E-state index contributed by atoms with van der Waals surface area (Å²) in [5, 5.41) is 1.98. The predicted molar refractivity (Wildman–Crippen MR) is 134 cm³/mol. The van der Waals surface area contributed by atoms with E-state index in [1.807, 2.05) is 18.3 Å². The molecule has 2 saturated heterocycles. The lowest BCUT2D eigenvalue weighted by Crippen LogP contribution is -2.52. The van der Waals surface area contributed by atoms with E-state index in [4.69, 9.17) is 16.6 Å². The summed E-state index contributed by atoms with van der Waals surface area (Å²) in [7, 11) is 0. The molecule has 0 spiro atoms. The molecule has 3 aromatic rings. The van der Waals surface area contributed by atoms with E-state index in [0.29, 0.717) is 5.91 Å². The second-order valence-corrected chi connectivity index (χ2v) is 10.7. The van der Waals surface area contributed by atoms with E-state index in [2.05, 4.69) is 46.7 Å². The van der Waals surface area contributed by atoms with Gasteiger partial charge in [0, 0.05) is 71.1 Å². The number of rotatable bonds is 3. The Kier molecular flexibility index (Phi) is 5.99. The smallest absolute Gasteiger partial charge is 0.227 e. The fourth-order valence-corrected chi connectivity index (χ4v) is 6.13. The van der Waals surface area contributed by atoms with Gasteiger partial charge in [-0.05, 0) is 56.5 Å². The predicted octanol–water partition coefficient (Wildman–Crippen LogP) is 5.13. The minimum absolute atomic E-state index is 0.0417. The van der Waals surface area contributed by atoms with Gasteiger partial charge in [0.2, 0.25) is 5.91 Å². The van der Waals surface area contributed by atoms with Gasteiger partial charge < -0.3 is 14.7 Å². The number of carbonyl (C=O) groups is 1. The van der Waals surface area contributed by atoms with E-state index in [0.717, 1.165) is 63.0 Å². The number of aryl methyl sites for hydroxylation is 2. The van der Waals surface area contributed by atoms with Crippen LogP contribution >= 0.6 is 22.9 Å². The van der Waals surface area contributed by atoms with Gasteiger partial charge in [-0.3, -0.25) is 4.79 Å². The number of anilines is 2. The molecule has 7 heteroatoms. The third kappa shape index (κ3) is 4.18. The van der Waals surface area contributed by atoms with Crippen molar-refractivity contribution in [2.24, 2.45) is 5.92 Å². The highest BCUT2D eigenvalue weighted by Crippen LogP contribution is 2.34. The van der Waals surface area contributed by atoms with Gasteiger partial charge in [-0.1, -0.05) is 17.7 Å². The van der Waals surface area contributed by atoms with E-state index in [1.165, 1.54) is 26.2 Å². The number of carbonyl (C=O) groups excluding carboxylic acids is 1. The first-order chi connectivity index (χ1) is 15.5. The van der Waals surface area contributed by atoms with Crippen LogP contribution in [-0.2, 0) is 4.79 Å². The topological polar surface area (TPSA) is 39.7 Å². The zero-order chi connectivity index (χ0) is 22.2. The number of thiophene rings is 1. The first-order valence-corrected chi connectivity index (χ1v) is 12.6. The average molecular weight is 469 g/mol. The standard InChI is InChI=1S/C25H29ClN4OS/c1-17-5-6-20(26)15-22(17)28-10-12-29(13-11-28)25(31)19-4-3-9-30(16-19)24-21-14-18(2)32-23(21)7-8-27-24/h5-8,14-15,19H,3-4,9-13,16H2,1-2H3/t19-/m0/s1. The Morgan fingerprint density at radius 2 is 1.88 bits per heavy atom. The maximum Gasteiger partial charge on any atom is 0.227 e. The Morgan fingerprint density at radius 3 is 2.69 bits per heavy atom. The Balaban J connectivity index is 1.25. The van der Waals surface area contributed by atoms with Crippen molar-refractivity contribution in [1.29, 1.82) is 0 Å². The lowest BCUT2D eigenvalue weighted by atomic mass is 9.96. The first kappa shape index (κ1) is 21.5. The van der Waals surface area contributed by atoms with Crippen LogP contribution in [-0.4, -0.2) is 55.1 Å². The van der Waals surface area contributed by atoms with Gasteiger partial charge >= 0.3 is 0 Å². The third-order valence-corrected chi connectivity index (χ3v) is 7.97. The molecule has 4 heterocycles. The quantitative estimate of drug-likeness (QED) is 0.534. The van der Waals surface area contributed by atoms with E-state index < -0.39 is 0 Å². The molecular weight excluding hydrogens is 440 g/mol. The normalized spacial score (nSPS) is 19.6. The molecule has 0 unspecified atom stereocenters. The summed E-state index contributed by atoms with van der Waals surface area (Å²) in [6.45, 7) is 9.19. The summed E-state index contributed by atoms with van der Waals surface area (Å²) < 4.78 is 1.27. The monoisotopic (exact) mass is 468 g/mol. The van der Waals surface area contributed by atoms with Gasteiger partial charge in [0.1, 0.15) is 5.82 Å². The van der Waals surface area contributed by atoms with Gasteiger partial charge in [0.05, 0.1) is 5.92 Å². The van der Waals surface area contributed by atoms with Gasteiger partial charge in [0.15, 0.2) is 0 Å². The average Bonchev–Trinajstić information content (AvgIpc) is 3.20. The number of hydrogen-bond donors (Lipinski definition) is 0. The van der Waals surface area contributed by atoms with Crippen LogP contribution in [0.2, 0.25) is 5.02 Å². The number of benzene rings is 1. The molecule has 168 valence electrons. The van der Waals surface area contributed by atoms with Crippen molar-refractivity contribution in [3.05, 3.63) is 52.0 Å². The zero-order valence-corrected chi connectivity index (χ0v) is 20.3. The van der Waals surface area contributed by atoms with Crippen LogP contribution in [0.3, 0.4) is 0 Å². The second kappa shape index (κ2) is 8.91. The molecule has 5 nitrogen and oxygen atoms in total. The Hall–Kier alpha value is -2.31. The Labute approximate surface area is 198 Å². The zero-order valence-electron chi connectivity index (χ0n) is 18.7. The minimum Gasteiger partial charge on any atom is -0.368 e. The number of amides is 1. The van der Waals surface area contributed by atoms with Crippen molar-refractivity contribution in [3.8, 4) is 0 Å². The van der Waals surface area contributed by atoms with Crippen molar-refractivity contribution in [1.82, 2.24) is 9.88 Å². The van der Waals surface area contributed by atoms with Gasteiger partial charge in [-0.25, -0.2) is 4.98 Å². The highest BCUT2D eigenvalue weighted by atomic mass is 35.5. The summed E-state index contributed by atoms with van der Waals surface area (Å²) in [6.07, 6.45) is 3.89. The van der Waals surface area contributed by atoms with E-state index in [9.17, 15) is 4.79 Å². The SMILES string of the molecule is Cc1cc2c(N3CCC[C@H](C(=O)N4CCN(c5cc(Cl)ccc5C)CC4)C3)nccc2s1. The number of aromatic nitrogens is 1. The second-order valence-electron chi connectivity index (χ2n) is 8.93. The van der Waals surface area contributed by atoms with Crippen LogP contribution in [0.15, 0.2) is 36.5 Å². The number of piperazine rings is 1. The number of pyridine rings is 1. The molecule has 0 N–H and O–H groups in total. The van der Waals surface area contributed by atoms with Crippen LogP contribution < -0.4 is 9.80 Å². The largest absolute Gasteiger partial charge is 0.368 e. The highest BCUT2D eigenvalue weighted by Gasteiger charge is 2.32. The molecular formula is C25H29ClN4OS. The van der Waals surface area contributed by atoms with Gasteiger partial charge in [-0.2, -0.15) is 0 Å². The summed E-state index contributed by atoms with van der Waals surface area (Å²) in [4.78, 5) is 26.1. The number of fused-ring (bicyclic) bond motifs is 1. The Morgan fingerprint density at radius 1 is 1.06 bits per heavy atom. The fourth-order valence-electron chi connectivity index (χ4n) is 5.05. The fraction of sp³-hybridized carbons (Fsp3) is 0.440. The summed E-state index contributed by atoms with van der Waals surface area (Å²) >= 11 is 8.02. The van der Waals surface area contributed by atoms with E-state index >= 15 is 0 Å². The molecule has 0 saturated carbocycles. The van der Waals surface area contributed by atoms with Crippen molar-refractivity contribution in [3.63, 3.8) is 0 Å². The molecule has 2 aromatic heterocycles. The molecule has 0 bridgehead atoms. The van der Waals surface area contributed by atoms with Crippen molar-refractivity contribution in [2.45, 2.75) is 26.7 Å². The molecule has 2 aliphatic rings. The van der Waals surface area contributed by atoms with Gasteiger partial charge in [0.25, 0.3) is 0 Å². The van der Waals surface area contributed by atoms with Crippen molar-refractivity contribution in [2.75, 3.05) is 49.1 Å². The lowest BCUT2D eigenvalue weighted by Gasteiger charge is -2.40. The summed E-state index contributed by atoms with van der Waals surface area (Å²) in [6, 6.07) is 10.3. The summed E-state index contributed by atoms with van der Waals surface area (Å²) in [5.41, 5.74) is 2.40. The number of nitrogens with zero attached hydrogens (tertiary/aromatic N) is 4. The first-order valence-electron chi connectivity index (χ1n) is 11.4. The summed E-state index contributed by atoms with van der Waals surface area (Å²) in [5.74, 6) is 1.37. The molecule has 32 heavy (non-hydrogen) atoms. The van der Waals surface area contributed by atoms with E-state index in [-0.39, 0.29) is 5.92 Å². The molecule has 5 rings (SSSR count). The molecule has 1 amide bonds. The van der Waals surface area contributed by atoms with Crippen molar-refractivity contribution < 1.29 is 4.79 Å². The number of piperidine rings is 1. The van der Waals surface area contributed by atoms with Crippen molar-refractivity contribution >= 4 is 50.4 Å². The van der Waals surface area contributed by atoms with E-state index in [1.54, 1.807) is 11.3 Å². The molecule has 1 atom stereocenters. The molecule has 1 aromatic carbocycles. The van der Waals surface area contributed by atoms with Crippen LogP contribution in [0.4, 0.5) is 11.5 Å². The third-order valence-electron chi connectivity index (χ3n) is 6.72. The lowest BCUT2D eigenvalue weighted by molar-refractivity contribution is -0.136. The molecule has 0 aliphatic carbocycles.